The van der Waals surface area contributed by atoms with Gasteiger partial charge in [-0.1, -0.05) is 0 Å². The second-order valence-corrected chi connectivity index (χ2v) is 2.96. The minimum absolute atomic E-state index is 0.273. The van der Waals surface area contributed by atoms with Crippen molar-refractivity contribution in [1.82, 2.24) is 4.90 Å². The van der Waals surface area contributed by atoms with Crippen LogP contribution in [0.1, 0.15) is 19.3 Å². The molecule has 0 N–H and O–H groups in total. The van der Waals surface area contributed by atoms with Gasteiger partial charge in [-0.3, -0.25) is 14.1 Å². The third-order valence-corrected chi connectivity index (χ3v) is 1.94. The van der Waals surface area contributed by atoms with Gasteiger partial charge in [-0.2, -0.15) is 0 Å². The number of hydrogen-bond acceptors (Lipinski definition) is 2. The highest BCUT2D eigenvalue weighted by atomic mass is 19.1. The number of carbonyl (C=O) groups is 1. The van der Waals surface area contributed by atoms with Gasteiger partial charge in [0.1, 0.15) is 5.78 Å². The highest BCUT2D eigenvalue weighted by Crippen LogP contribution is 2.05. The summed E-state index contributed by atoms with van der Waals surface area (Å²) < 4.78 is 11.7. The standard InChI is InChI=1S/C8H14FNO/c9-4-2-6-10-5-1-3-8(11)7-10/h1-7H2. The summed E-state index contributed by atoms with van der Waals surface area (Å²) in [6, 6.07) is 0. The molecule has 11 heavy (non-hydrogen) atoms. The molecule has 0 spiro atoms. The van der Waals surface area contributed by atoms with Crippen molar-refractivity contribution >= 4 is 5.78 Å². The summed E-state index contributed by atoms with van der Waals surface area (Å²) in [7, 11) is 0. The molecule has 64 valence electrons. The van der Waals surface area contributed by atoms with Crippen LogP contribution in [-0.4, -0.2) is 37.0 Å². The molecule has 0 unspecified atom stereocenters. The third-order valence-electron chi connectivity index (χ3n) is 1.94. The SMILES string of the molecule is O=C1CCCN(CCCF)C1. The molecule has 0 saturated carbocycles. The van der Waals surface area contributed by atoms with Crippen LogP contribution >= 0.6 is 0 Å². The second-order valence-electron chi connectivity index (χ2n) is 2.96. The number of rotatable bonds is 3. The average molecular weight is 159 g/mol. The Hall–Kier alpha value is -0.440. The molecule has 0 atom stereocenters. The zero-order valence-electron chi connectivity index (χ0n) is 6.68. The molecule has 0 radical (unpaired) electrons. The number of halogens is 1. The van der Waals surface area contributed by atoms with E-state index in [-0.39, 0.29) is 6.67 Å². The summed E-state index contributed by atoms with van der Waals surface area (Å²) in [4.78, 5) is 12.9. The first-order chi connectivity index (χ1) is 5.33. The van der Waals surface area contributed by atoms with E-state index in [4.69, 9.17) is 0 Å². The summed E-state index contributed by atoms with van der Waals surface area (Å²) in [5.74, 6) is 0.301. The summed E-state index contributed by atoms with van der Waals surface area (Å²) in [6.07, 6.45) is 2.23. The lowest BCUT2D eigenvalue weighted by atomic mass is 10.1. The van der Waals surface area contributed by atoms with Crippen molar-refractivity contribution in [2.24, 2.45) is 0 Å². The minimum Gasteiger partial charge on any atom is -0.298 e. The molecular weight excluding hydrogens is 145 g/mol. The average Bonchev–Trinajstić information content (AvgIpc) is 2.01. The van der Waals surface area contributed by atoms with E-state index in [0.29, 0.717) is 25.2 Å². The van der Waals surface area contributed by atoms with Gasteiger partial charge >= 0.3 is 0 Å². The van der Waals surface area contributed by atoms with Crippen LogP contribution in [-0.2, 0) is 4.79 Å². The molecular formula is C8H14FNO. The molecule has 1 heterocycles. The maximum absolute atomic E-state index is 11.7. The van der Waals surface area contributed by atoms with Crippen molar-refractivity contribution in [1.29, 1.82) is 0 Å². The quantitative estimate of drug-likeness (QED) is 0.612. The van der Waals surface area contributed by atoms with Crippen LogP contribution in [0.3, 0.4) is 0 Å². The number of nitrogens with zero attached hydrogens (tertiary/aromatic N) is 1. The monoisotopic (exact) mass is 159 g/mol. The van der Waals surface area contributed by atoms with Crippen LogP contribution in [0, 0.1) is 0 Å². The van der Waals surface area contributed by atoms with Gasteiger partial charge in [0.25, 0.3) is 0 Å². The highest BCUT2D eigenvalue weighted by Gasteiger charge is 2.15. The fraction of sp³-hybridized carbons (Fsp3) is 0.875. The Labute approximate surface area is 66.4 Å². The van der Waals surface area contributed by atoms with Gasteiger partial charge < -0.3 is 0 Å². The van der Waals surface area contributed by atoms with Crippen LogP contribution in [0.25, 0.3) is 0 Å². The van der Waals surface area contributed by atoms with Gasteiger partial charge in [-0.15, -0.1) is 0 Å². The number of hydrogen-bond donors (Lipinski definition) is 0. The van der Waals surface area contributed by atoms with E-state index >= 15 is 0 Å². The predicted molar refractivity (Wildman–Crippen MR) is 41.3 cm³/mol. The molecule has 0 aromatic rings. The number of ketones is 1. The normalized spacial score (nSPS) is 20.6. The first-order valence-electron chi connectivity index (χ1n) is 4.13. The molecule has 0 aromatic heterocycles. The van der Waals surface area contributed by atoms with Gasteiger partial charge in [0.2, 0.25) is 0 Å². The summed E-state index contributed by atoms with van der Waals surface area (Å²) in [6.45, 7) is 1.97. The highest BCUT2D eigenvalue weighted by molar-refractivity contribution is 5.81. The largest absolute Gasteiger partial charge is 0.298 e. The summed E-state index contributed by atoms with van der Waals surface area (Å²) in [5, 5.41) is 0. The van der Waals surface area contributed by atoms with E-state index in [9.17, 15) is 9.18 Å². The van der Waals surface area contributed by atoms with Crippen molar-refractivity contribution in [2.45, 2.75) is 19.3 Å². The Morgan fingerprint density at radius 1 is 1.55 bits per heavy atom. The number of piperidine rings is 1. The van der Waals surface area contributed by atoms with Gasteiger partial charge in [0.05, 0.1) is 13.2 Å². The molecule has 0 aromatic carbocycles. The van der Waals surface area contributed by atoms with Crippen molar-refractivity contribution in [2.75, 3.05) is 26.3 Å². The Morgan fingerprint density at radius 3 is 3.00 bits per heavy atom. The smallest absolute Gasteiger partial charge is 0.146 e. The molecule has 1 rings (SSSR count). The van der Waals surface area contributed by atoms with Gasteiger partial charge in [0.15, 0.2) is 0 Å². The van der Waals surface area contributed by atoms with Crippen molar-refractivity contribution in [3.05, 3.63) is 0 Å². The molecule has 0 aliphatic carbocycles. The maximum atomic E-state index is 11.7. The topological polar surface area (TPSA) is 20.3 Å². The van der Waals surface area contributed by atoms with Crippen molar-refractivity contribution in [3.8, 4) is 0 Å². The van der Waals surface area contributed by atoms with E-state index in [1.807, 2.05) is 4.90 Å². The molecule has 1 fully saturated rings. The third kappa shape index (κ3) is 2.97. The predicted octanol–water partition coefficient (Wildman–Crippen LogP) is 1.01. The lowest BCUT2D eigenvalue weighted by molar-refractivity contribution is -0.122. The summed E-state index contributed by atoms with van der Waals surface area (Å²) in [5.41, 5.74) is 0. The van der Waals surface area contributed by atoms with E-state index < -0.39 is 0 Å². The Bertz CT molecular complexity index is 138. The zero-order chi connectivity index (χ0) is 8.10. The van der Waals surface area contributed by atoms with Crippen LogP contribution in [0.15, 0.2) is 0 Å². The minimum atomic E-state index is -0.273. The van der Waals surface area contributed by atoms with Crippen LogP contribution in [0.2, 0.25) is 0 Å². The molecule has 0 amide bonds. The van der Waals surface area contributed by atoms with Crippen LogP contribution in [0.5, 0.6) is 0 Å². The Balaban J connectivity index is 2.17. The number of Topliss-reactive ketones (excluding diaryl/α,β-unsaturated/α-hetero) is 1. The van der Waals surface area contributed by atoms with E-state index in [2.05, 4.69) is 0 Å². The molecule has 2 nitrogen and oxygen atoms in total. The Kier molecular flexibility index (Phi) is 3.49. The number of alkyl halides is 1. The number of likely N-dealkylation sites (tertiary alicyclic amines) is 1. The maximum Gasteiger partial charge on any atom is 0.146 e. The molecule has 1 aliphatic rings. The van der Waals surface area contributed by atoms with Gasteiger partial charge in [0, 0.05) is 13.0 Å². The molecule has 1 saturated heterocycles. The van der Waals surface area contributed by atoms with E-state index in [0.717, 1.165) is 19.5 Å². The zero-order valence-corrected chi connectivity index (χ0v) is 6.68. The fourth-order valence-electron chi connectivity index (χ4n) is 1.38. The second kappa shape index (κ2) is 4.44. The van der Waals surface area contributed by atoms with E-state index in [1.54, 1.807) is 0 Å². The van der Waals surface area contributed by atoms with Crippen molar-refractivity contribution in [3.63, 3.8) is 0 Å². The molecule has 3 heteroatoms. The van der Waals surface area contributed by atoms with Crippen molar-refractivity contribution < 1.29 is 9.18 Å². The number of carbonyl (C=O) groups excluding carboxylic acids is 1. The van der Waals surface area contributed by atoms with E-state index in [1.165, 1.54) is 0 Å². The Morgan fingerprint density at radius 2 is 2.36 bits per heavy atom. The van der Waals surface area contributed by atoms with Gasteiger partial charge in [-0.05, 0) is 19.4 Å². The first kappa shape index (κ1) is 8.65. The first-order valence-corrected chi connectivity index (χ1v) is 4.13. The summed E-state index contributed by atoms with van der Waals surface area (Å²) >= 11 is 0. The lowest BCUT2D eigenvalue weighted by Gasteiger charge is -2.24. The fourth-order valence-corrected chi connectivity index (χ4v) is 1.38. The van der Waals surface area contributed by atoms with Crippen LogP contribution in [0.4, 0.5) is 4.39 Å². The molecule has 1 aliphatic heterocycles. The molecule has 0 bridgehead atoms. The van der Waals surface area contributed by atoms with Crippen LogP contribution < -0.4 is 0 Å². The van der Waals surface area contributed by atoms with Gasteiger partial charge in [-0.25, -0.2) is 0 Å². The lowest BCUT2D eigenvalue weighted by Crippen LogP contribution is -2.36.